The van der Waals surface area contributed by atoms with Crippen molar-refractivity contribution in [2.24, 2.45) is 5.84 Å². The zero-order chi connectivity index (χ0) is 10.7. The summed E-state index contributed by atoms with van der Waals surface area (Å²) in [4.78, 5) is 12.3. The molecule has 0 bridgehead atoms. The molecule has 0 spiro atoms. The topological polar surface area (TPSA) is 55.1 Å². The van der Waals surface area contributed by atoms with E-state index >= 15 is 0 Å². The van der Waals surface area contributed by atoms with Crippen molar-refractivity contribution in [2.45, 2.75) is 0 Å². The van der Waals surface area contributed by atoms with Crippen LogP contribution < -0.4 is 11.3 Å². The number of carbonyl (C=O) groups is 1. The second-order valence-electron chi connectivity index (χ2n) is 3.04. The Bertz CT molecular complexity index is 464. The third-order valence-corrected chi connectivity index (χ3v) is 3.03. The Hall–Kier alpha value is -1.65. The molecule has 1 aromatic carbocycles. The van der Waals surface area contributed by atoms with Gasteiger partial charge in [-0.3, -0.25) is 10.2 Å². The first-order valence-corrected chi connectivity index (χ1v) is 5.34. The summed E-state index contributed by atoms with van der Waals surface area (Å²) >= 11 is 1.53. The molecule has 1 aromatic heterocycles. The van der Waals surface area contributed by atoms with E-state index in [1.54, 1.807) is 5.38 Å². The van der Waals surface area contributed by atoms with Crippen molar-refractivity contribution in [3.63, 3.8) is 0 Å². The predicted octanol–water partition coefficient (Wildman–Crippen LogP) is 2.02. The lowest BCUT2D eigenvalue weighted by Crippen LogP contribution is -2.29. The molecule has 0 atom stereocenters. The molecule has 0 saturated heterocycles. The molecule has 0 aliphatic carbocycles. The molecule has 0 fully saturated rings. The van der Waals surface area contributed by atoms with Crippen molar-refractivity contribution in [1.82, 2.24) is 5.43 Å². The molecule has 0 aliphatic heterocycles. The quantitative estimate of drug-likeness (QED) is 0.460. The van der Waals surface area contributed by atoms with E-state index in [4.69, 9.17) is 5.84 Å². The van der Waals surface area contributed by atoms with Crippen LogP contribution >= 0.6 is 11.3 Å². The number of nitrogens with two attached hydrogens (primary N) is 1. The van der Waals surface area contributed by atoms with Crippen molar-refractivity contribution in [3.8, 4) is 10.4 Å². The smallest absolute Gasteiger partial charge is 0.266 e. The average Bonchev–Trinajstić information content (AvgIpc) is 2.78. The number of hydrogen-bond donors (Lipinski definition) is 2. The van der Waals surface area contributed by atoms with Crippen LogP contribution in [0.4, 0.5) is 0 Å². The molecular formula is C11H10N2OS. The molecule has 1 heterocycles. The minimum absolute atomic E-state index is 0.256. The van der Waals surface area contributed by atoms with Gasteiger partial charge in [-0.2, -0.15) is 0 Å². The maximum atomic E-state index is 11.2. The van der Waals surface area contributed by atoms with E-state index in [1.807, 2.05) is 36.4 Å². The third-order valence-electron chi connectivity index (χ3n) is 2.05. The predicted molar refractivity (Wildman–Crippen MR) is 61.4 cm³/mol. The van der Waals surface area contributed by atoms with Crippen molar-refractivity contribution < 1.29 is 4.79 Å². The molecule has 1 amide bonds. The maximum absolute atomic E-state index is 11.2. The summed E-state index contributed by atoms with van der Waals surface area (Å²) in [5.41, 5.74) is 3.82. The molecule has 15 heavy (non-hydrogen) atoms. The summed E-state index contributed by atoms with van der Waals surface area (Å²) in [7, 11) is 0. The van der Waals surface area contributed by atoms with Gasteiger partial charge in [-0.05, 0) is 11.6 Å². The van der Waals surface area contributed by atoms with Gasteiger partial charge < -0.3 is 0 Å². The zero-order valence-corrected chi connectivity index (χ0v) is 8.75. The first kappa shape index (κ1) is 9.89. The Labute approximate surface area is 91.5 Å². The third kappa shape index (κ3) is 2.06. The monoisotopic (exact) mass is 218 g/mol. The first-order chi connectivity index (χ1) is 7.31. The van der Waals surface area contributed by atoms with Crippen LogP contribution in [0.1, 0.15) is 10.4 Å². The molecule has 0 saturated carbocycles. The molecule has 2 rings (SSSR count). The number of benzene rings is 1. The van der Waals surface area contributed by atoms with Crippen molar-refractivity contribution >= 4 is 17.2 Å². The summed E-state index contributed by atoms with van der Waals surface area (Å²) in [6, 6.07) is 11.8. The van der Waals surface area contributed by atoms with E-state index in [9.17, 15) is 4.79 Å². The summed E-state index contributed by atoms with van der Waals surface area (Å²) in [5.74, 6) is 4.80. The summed E-state index contributed by atoms with van der Waals surface area (Å²) in [5, 5.41) is 1.80. The van der Waals surface area contributed by atoms with Gasteiger partial charge in [0.15, 0.2) is 0 Å². The highest BCUT2D eigenvalue weighted by Crippen LogP contribution is 2.26. The van der Waals surface area contributed by atoms with Gasteiger partial charge in [-0.15, -0.1) is 11.3 Å². The molecule has 0 radical (unpaired) electrons. The van der Waals surface area contributed by atoms with E-state index < -0.39 is 0 Å². The highest BCUT2D eigenvalue weighted by atomic mass is 32.1. The Morgan fingerprint density at radius 1 is 1.27 bits per heavy atom. The normalized spacial score (nSPS) is 9.93. The number of nitrogen functional groups attached to an aromatic ring is 1. The second-order valence-corrected chi connectivity index (χ2v) is 3.95. The fourth-order valence-corrected chi connectivity index (χ4v) is 2.19. The zero-order valence-electron chi connectivity index (χ0n) is 7.94. The highest BCUT2D eigenvalue weighted by Gasteiger charge is 2.07. The molecule has 3 nitrogen and oxygen atoms in total. The Morgan fingerprint density at radius 2 is 2.00 bits per heavy atom. The molecule has 3 N–H and O–H groups in total. The lowest BCUT2D eigenvalue weighted by molar-refractivity contribution is 0.0954. The summed E-state index contributed by atoms with van der Waals surface area (Å²) < 4.78 is 0. The van der Waals surface area contributed by atoms with Crippen LogP contribution in [-0.2, 0) is 0 Å². The minimum Gasteiger partial charge on any atom is -0.290 e. The van der Waals surface area contributed by atoms with E-state index in [0.717, 1.165) is 10.4 Å². The van der Waals surface area contributed by atoms with Crippen LogP contribution in [0.3, 0.4) is 0 Å². The fraction of sp³-hybridized carbons (Fsp3) is 0. The standard InChI is InChI=1S/C11H10N2OS/c12-13-11(14)9-6-10(15-7-9)8-4-2-1-3-5-8/h1-7H,12H2,(H,13,14). The Balaban J connectivity index is 2.32. The largest absolute Gasteiger partial charge is 0.290 e. The molecule has 76 valence electrons. The molecule has 0 aliphatic rings. The van der Waals surface area contributed by atoms with Gasteiger partial charge in [-0.25, -0.2) is 5.84 Å². The van der Waals surface area contributed by atoms with Gasteiger partial charge in [0, 0.05) is 10.3 Å². The highest BCUT2D eigenvalue weighted by molar-refractivity contribution is 7.13. The lowest BCUT2D eigenvalue weighted by Gasteiger charge is -1.95. The number of amides is 1. The molecule has 4 heteroatoms. The van der Waals surface area contributed by atoms with Crippen LogP contribution in [0.15, 0.2) is 41.8 Å². The van der Waals surface area contributed by atoms with Crippen LogP contribution in [0.2, 0.25) is 0 Å². The number of hydrazine groups is 1. The number of hydrogen-bond acceptors (Lipinski definition) is 3. The van der Waals surface area contributed by atoms with Gasteiger partial charge >= 0.3 is 0 Å². The first-order valence-electron chi connectivity index (χ1n) is 4.46. The molecular weight excluding hydrogens is 208 g/mol. The Kier molecular flexibility index (Phi) is 2.80. The van der Waals surface area contributed by atoms with Crippen LogP contribution in [0.5, 0.6) is 0 Å². The molecule has 0 unspecified atom stereocenters. The average molecular weight is 218 g/mol. The van der Waals surface area contributed by atoms with Gasteiger partial charge in [-0.1, -0.05) is 30.3 Å². The van der Waals surface area contributed by atoms with Crippen molar-refractivity contribution in [2.75, 3.05) is 0 Å². The van der Waals surface area contributed by atoms with E-state index in [2.05, 4.69) is 5.43 Å². The number of rotatable bonds is 2. The summed E-state index contributed by atoms with van der Waals surface area (Å²) in [6.07, 6.45) is 0. The lowest BCUT2D eigenvalue weighted by atomic mass is 10.2. The van der Waals surface area contributed by atoms with Crippen LogP contribution in [0.25, 0.3) is 10.4 Å². The minimum atomic E-state index is -0.256. The SMILES string of the molecule is NNC(=O)c1csc(-c2ccccc2)c1. The Morgan fingerprint density at radius 3 is 2.67 bits per heavy atom. The van der Waals surface area contributed by atoms with E-state index in [0.29, 0.717) is 5.56 Å². The number of nitrogens with one attached hydrogen (secondary N) is 1. The van der Waals surface area contributed by atoms with Gasteiger partial charge in [0.05, 0.1) is 5.56 Å². The van der Waals surface area contributed by atoms with Crippen LogP contribution in [-0.4, -0.2) is 5.91 Å². The second kappa shape index (κ2) is 4.25. The van der Waals surface area contributed by atoms with Gasteiger partial charge in [0.25, 0.3) is 5.91 Å². The van der Waals surface area contributed by atoms with Crippen molar-refractivity contribution in [3.05, 3.63) is 47.3 Å². The fourth-order valence-electron chi connectivity index (χ4n) is 1.29. The maximum Gasteiger partial charge on any atom is 0.266 e. The van der Waals surface area contributed by atoms with E-state index in [1.165, 1.54) is 11.3 Å². The van der Waals surface area contributed by atoms with Gasteiger partial charge in [0.2, 0.25) is 0 Å². The van der Waals surface area contributed by atoms with E-state index in [-0.39, 0.29) is 5.91 Å². The van der Waals surface area contributed by atoms with Crippen LogP contribution in [0, 0.1) is 0 Å². The summed E-state index contributed by atoms with van der Waals surface area (Å²) in [6.45, 7) is 0. The molecule has 2 aromatic rings. The number of carbonyl (C=O) groups excluding carboxylic acids is 1. The number of thiophene rings is 1. The van der Waals surface area contributed by atoms with Gasteiger partial charge in [0.1, 0.15) is 0 Å². The van der Waals surface area contributed by atoms with Crippen molar-refractivity contribution in [1.29, 1.82) is 0 Å².